The molecule has 0 saturated heterocycles. The van der Waals surface area contributed by atoms with Crippen LogP contribution in [-0.4, -0.2) is 6.54 Å². The molecule has 1 atom stereocenters. The molecule has 0 radical (unpaired) electrons. The van der Waals surface area contributed by atoms with E-state index in [1.807, 2.05) is 6.07 Å². The standard InChI is InChI=1S/C17H25BrClN/c1-2-12-20-17(13-8-5-3-4-6-9-13)14-10-7-11-15(18)16(14)19/h7,10-11,13,17,20H,2-6,8-9,12H2,1H3. The molecule has 1 aliphatic carbocycles. The van der Waals surface area contributed by atoms with Crippen molar-refractivity contribution in [1.29, 1.82) is 0 Å². The first kappa shape index (κ1) is 16.3. The Bertz CT molecular complexity index is 413. The Kier molecular flexibility index (Phi) is 6.86. The largest absolute Gasteiger partial charge is 0.310 e. The molecule has 0 amide bonds. The molecule has 3 heteroatoms. The maximum Gasteiger partial charge on any atom is 0.0595 e. The second kappa shape index (κ2) is 8.41. The van der Waals surface area contributed by atoms with Crippen molar-refractivity contribution in [3.8, 4) is 0 Å². The lowest BCUT2D eigenvalue weighted by Gasteiger charge is -2.29. The number of hydrogen-bond acceptors (Lipinski definition) is 1. The maximum absolute atomic E-state index is 6.54. The Balaban J connectivity index is 2.23. The van der Waals surface area contributed by atoms with Crippen molar-refractivity contribution in [2.45, 2.75) is 57.9 Å². The van der Waals surface area contributed by atoms with E-state index in [2.05, 4.69) is 40.3 Å². The average molecular weight is 359 g/mol. The third-order valence-corrected chi connectivity index (χ3v) is 5.61. The van der Waals surface area contributed by atoms with Gasteiger partial charge in [-0.2, -0.15) is 0 Å². The molecular formula is C17H25BrClN. The highest BCUT2D eigenvalue weighted by Crippen LogP contribution is 2.38. The Morgan fingerprint density at radius 3 is 2.60 bits per heavy atom. The smallest absolute Gasteiger partial charge is 0.0595 e. The van der Waals surface area contributed by atoms with Gasteiger partial charge < -0.3 is 5.32 Å². The van der Waals surface area contributed by atoms with E-state index in [0.717, 1.165) is 28.4 Å². The van der Waals surface area contributed by atoms with Crippen LogP contribution < -0.4 is 5.32 Å². The van der Waals surface area contributed by atoms with E-state index in [-0.39, 0.29) is 0 Å². The molecule has 1 unspecified atom stereocenters. The second-order valence-corrected chi connectivity index (χ2v) is 7.06. The molecule has 1 aromatic carbocycles. The Labute approximate surface area is 136 Å². The summed E-state index contributed by atoms with van der Waals surface area (Å²) in [6.45, 7) is 3.28. The SMILES string of the molecule is CCCNC(c1cccc(Br)c1Cl)C1CCCCCC1. The minimum atomic E-state index is 0.401. The van der Waals surface area contributed by atoms with Crippen LogP contribution in [-0.2, 0) is 0 Å². The summed E-state index contributed by atoms with van der Waals surface area (Å²) in [5.41, 5.74) is 1.27. The van der Waals surface area contributed by atoms with Crippen LogP contribution >= 0.6 is 27.5 Å². The highest BCUT2D eigenvalue weighted by atomic mass is 79.9. The van der Waals surface area contributed by atoms with Gasteiger partial charge in [-0.15, -0.1) is 0 Å². The molecule has 1 N–H and O–H groups in total. The summed E-state index contributed by atoms with van der Waals surface area (Å²) in [6, 6.07) is 6.71. The summed E-state index contributed by atoms with van der Waals surface area (Å²) < 4.78 is 1.01. The molecule has 2 rings (SSSR count). The lowest BCUT2D eigenvalue weighted by Crippen LogP contribution is -2.29. The molecule has 1 aromatic rings. The molecule has 1 aliphatic rings. The van der Waals surface area contributed by atoms with Crippen molar-refractivity contribution in [1.82, 2.24) is 5.32 Å². The summed E-state index contributed by atoms with van der Waals surface area (Å²) in [5, 5.41) is 4.63. The monoisotopic (exact) mass is 357 g/mol. The summed E-state index contributed by atoms with van der Waals surface area (Å²) >= 11 is 10.1. The molecule has 0 spiro atoms. The summed E-state index contributed by atoms with van der Waals surface area (Å²) in [5.74, 6) is 0.718. The highest BCUT2D eigenvalue weighted by molar-refractivity contribution is 9.10. The fraction of sp³-hybridized carbons (Fsp3) is 0.647. The quantitative estimate of drug-likeness (QED) is 0.626. The molecule has 0 aliphatic heterocycles. The van der Waals surface area contributed by atoms with E-state index in [0.29, 0.717) is 6.04 Å². The van der Waals surface area contributed by atoms with Crippen LogP contribution in [0.5, 0.6) is 0 Å². The van der Waals surface area contributed by atoms with Gasteiger partial charge in [-0.3, -0.25) is 0 Å². The van der Waals surface area contributed by atoms with Crippen molar-refractivity contribution < 1.29 is 0 Å². The lowest BCUT2D eigenvalue weighted by molar-refractivity contribution is 0.326. The average Bonchev–Trinajstić information content (AvgIpc) is 2.73. The highest BCUT2D eigenvalue weighted by Gasteiger charge is 2.25. The van der Waals surface area contributed by atoms with Crippen LogP contribution in [0.25, 0.3) is 0 Å². The number of benzene rings is 1. The van der Waals surface area contributed by atoms with Gasteiger partial charge in [0.1, 0.15) is 0 Å². The predicted octanol–water partition coefficient (Wildman–Crippen LogP) is 6.11. The number of nitrogens with one attached hydrogen (secondary N) is 1. The van der Waals surface area contributed by atoms with Gasteiger partial charge in [0.2, 0.25) is 0 Å². The topological polar surface area (TPSA) is 12.0 Å². The molecule has 0 aromatic heterocycles. The van der Waals surface area contributed by atoms with Gasteiger partial charge in [0.15, 0.2) is 0 Å². The van der Waals surface area contributed by atoms with Gasteiger partial charge in [-0.25, -0.2) is 0 Å². The van der Waals surface area contributed by atoms with Crippen LogP contribution in [0.2, 0.25) is 5.02 Å². The van der Waals surface area contributed by atoms with Gasteiger partial charge in [-0.1, -0.05) is 56.3 Å². The van der Waals surface area contributed by atoms with E-state index in [1.165, 1.54) is 44.1 Å². The third-order valence-electron chi connectivity index (χ3n) is 4.30. The van der Waals surface area contributed by atoms with Crippen LogP contribution in [0.4, 0.5) is 0 Å². The zero-order valence-corrected chi connectivity index (χ0v) is 14.6. The van der Waals surface area contributed by atoms with Gasteiger partial charge in [0.05, 0.1) is 5.02 Å². The number of halogens is 2. The molecule has 1 fully saturated rings. The Morgan fingerprint density at radius 1 is 1.25 bits per heavy atom. The van der Waals surface area contributed by atoms with Crippen molar-refractivity contribution in [3.63, 3.8) is 0 Å². The summed E-state index contributed by atoms with van der Waals surface area (Å²) in [4.78, 5) is 0. The molecular weight excluding hydrogens is 334 g/mol. The molecule has 20 heavy (non-hydrogen) atoms. The molecule has 0 bridgehead atoms. The van der Waals surface area contributed by atoms with Crippen LogP contribution in [0, 0.1) is 5.92 Å². The Morgan fingerprint density at radius 2 is 1.95 bits per heavy atom. The van der Waals surface area contributed by atoms with E-state index in [1.54, 1.807) is 0 Å². The second-order valence-electron chi connectivity index (χ2n) is 5.83. The lowest BCUT2D eigenvalue weighted by atomic mass is 9.87. The first-order valence-electron chi connectivity index (χ1n) is 7.91. The minimum Gasteiger partial charge on any atom is -0.310 e. The van der Waals surface area contributed by atoms with Crippen molar-refractivity contribution >= 4 is 27.5 Å². The fourth-order valence-corrected chi connectivity index (χ4v) is 3.86. The molecule has 1 saturated carbocycles. The number of hydrogen-bond donors (Lipinski definition) is 1. The fourth-order valence-electron chi connectivity index (χ4n) is 3.24. The predicted molar refractivity (Wildman–Crippen MR) is 91.4 cm³/mol. The molecule has 1 nitrogen and oxygen atoms in total. The number of rotatable bonds is 5. The zero-order valence-electron chi connectivity index (χ0n) is 12.3. The van der Waals surface area contributed by atoms with Crippen LogP contribution in [0.3, 0.4) is 0 Å². The van der Waals surface area contributed by atoms with Gasteiger partial charge >= 0.3 is 0 Å². The first-order chi connectivity index (χ1) is 9.74. The molecule has 0 heterocycles. The van der Waals surface area contributed by atoms with Gasteiger partial charge in [0, 0.05) is 10.5 Å². The Hall–Kier alpha value is -0.0500. The third kappa shape index (κ3) is 4.22. The van der Waals surface area contributed by atoms with Crippen molar-refractivity contribution in [2.24, 2.45) is 5.92 Å². The van der Waals surface area contributed by atoms with Crippen LogP contribution in [0.1, 0.15) is 63.5 Å². The summed E-state index contributed by atoms with van der Waals surface area (Å²) in [7, 11) is 0. The van der Waals surface area contributed by atoms with Crippen molar-refractivity contribution in [2.75, 3.05) is 6.54 Å². The summed E-state index contributed by atoms with van der Waals surface area (Å²) in [6.07, 6.45) is 9.32. The van der Waals surface area contributed by atoms with Gasteiger partial charge in [0.25, 0.3) is 0 Å². The zero-order chi connectivity index (χ0) is 14.4. The van der Waals surface area contributed by atoms with E-state index in [4.69, 9.17) is 11.6 Å². The minimum absolute atomic E-state index is 0.401. The van der Waals surface area contributed by atoms with E-state index < -0.39 is 0 Å². The van der Waals surface area contributed by atoms with Crippen LogP contribution in [0.15, 0.2) is 22.7 Å². The van der Waals surface area contributed by atoms with E-state index >= 15 is 0 Å². The van der Waals surface area contributed by atoms with Gasteiger partial charge in [-0.05, 0) is 59.3 Å². The van der Waals surface area contributed by atoms with E-state index in [9.17, 15) is 0 Å². The maximum atomic E-state index is 6.54. The first-order valence-corrected chi connectivity index (χ1v) is 9.08. The normalized spacial score (nSPS) is 18.8. The molecule has 112 valence electrons. The van der Waals surface area contributed by atoms with Crippen molar-refractivity contribution in [3.05, 3.63) is 33.3 Å².